The Morgan fingerprint density at radius 1 is 1.46 bits per heavy atom. The Hall–Kier alpha value is -1.38. The largest absolute Gasteiger partial charge is 0.397 e. The molecule has 1 rings (SSSR count). The highest BCUT2D eigenvalue weighted by Gasteiger charge is 2.10. The van der Waals surface area contributed by atoms with Gasteiger partial charge in [-0.15, -0.1) is 4.39 Å². The molecular formula is C10H12FNO. The Morgan fingerprint density at radius 2 is 2.08 bits per heavy atom. The molecule has 13 heavy (non-hydrogen) atoms. The van der Waals surface area contributed by atoms with E-state index in [0.29, 0.717) is 6.42 Å². The Kier molecular flexibility index (Phi) is 3.43. The Morgan fingerprint density at radius 3 is 2.54 bits per heavy atom. The van der Waals surface area contributed by atoms with Crippen LogP contribution < -0.4 is 5.32 Å². The van der Waals surface area contributed by atoms with Crippen molar-refractivity contribution in [2.75, 3.05) is 0 Å². The minimum Gasteiger partial charge on any atom is -0.321 e. The molecule has 0 radical (unpaired) electrons. The lowest BCUT2D eigenvalue weighted by atomic mass is 10.1. The summed E-state index contributed by atoms with van der Waals surface area (Å²) in [6.07, 6.45) is -0.796. The van der Waals surface area contributed by atoms with Crippen LogP contribution in [0.4, 0.5) is 9.18 Å². The van der Waals surface area contributed by atoms with Gasteiger partial charge in [-0.3, -0.25) is 0 Å². The van der Waals surface area contributed by atoms with Crippen molar-refractivity contribution in [1.82, 2.24) is 5.32 Å². The van der Waals surface area contributed by atoms with E-state index < -0.39 is 6.16 Å². The predicted octanol–water partition coefficient (Wildman–Crippen LogP) is 2.82. The third-order valence-electron chi connectivity index (χ3n) is 1.90. The molecule has 0 aliphatic carbocycles. The first-order chi connectivity index (χ1) is 6.24. The second-order valence-corrected chi connectivity index (χ2v) is 2.79. The lowest BCUT2D eigenvalue weighted by Crippen LogP contribution is -2.23. The van der Waals surface area contributed by atoms with Gasteiger partial charge in [0.15, 0.2) is 0 Å². The van der Waals surface area contributed by atoms with Crippen LogP contribution in [-0.2, 0) is 0 Å². The van der Waals surface area contributed by atoms with Crippen LogP contribution in [-0.4, -0.2) is 6.16 Å². The summed E-state index contributed by atoms with van der Waals surface area (Å²) >= 11 is 0. The number of benzene rings is 1. The lowest BCUT2D eigenvalue weighted by molar-refractivity contribution is 0.217. The van der Waals surface area contributed by atoms with Crippen molar-refractivity contribution in [3.8, 4) is 0 Å². The summed E-state index contributed by atoms with van der Waals surface area (Å²) in [5, 5.41) is 2.24. The van der Waals surface area contributed by atoms with Crippen LogP contribution in [0.3, 0.4) is 0 Å². The number of halogens is 1. The summed E-state index contributed by atoms with van der Waals surface area (Å²) in [4.78, 5) is 10.2. The molecule has 0 fully saturated rings. The number of hydrogen-bond acceptors (Lipinski definition) is 1. The van der Waals surface area contributed by atoms with E-state index in [1.807, 2.05) is 37.3 Å². The first-order valence-electron chi connectivity index (χ1n) is 4.25. The van der Waals surface area contributed by atoms with Crippen LogP contribution in [0.2, 0.25) is 0 Å². The summed E-state index contributed by atoms with van der Waals surface area (Å²) in [5.74, 6) is 0. The highest BCUT2D eigenvalue weighted by Crippen LogP contribution is 2.15. The fraction of sp³-hybridized carbons (Fsp3) is 0.300. The molecule has 3 heteroatoms. The fourth-order valence-corrected chi connectivity index (χ4v) is 1.24. The molecule has 0 aliphatic rings. The summed E-state index contributed by atoms with van der Waals surface area (Å²) < 4.78 is 12.1. The van der Waals surface area contributed by atoms with Crippen molar-refractivity contribution in [2.24, 2.45) is 0 Å². The molecule has 70 valence electrons. The van der Waals surface area contributed by atoms with Gasteiger partial charge in [-0.05, 0) is 12.0 Å². The number of rotatable bonds is 3. The normalized spacial score (nSPS) is 12.2. The van der Waals surface area contributed by atoms with Gasteiger partial charge in [0.2, 0.25) is 0 Å². The lowest BCUT2D eigenvalue weighted by Gasteiger charge is -2.14. The average Bonchev–Trinajstić information content (AvgIpc) is 2.15. The van der Waals surface area contributed by atoms with Gasteiger partial charge < -0.3 is 5.32 Å². The molecule has 0 aromatic heterocycles. The Labute approximate surface area is 76.8 Å². The molecule has 0 spiro atoms. The molecule has 0 heterocycles. The van der Waals surface area contributed by atoms with Crippen LogP contribution in [0.5, 0.6) is 0 Å². The maximum atomic E-state index is 12.1. The molecule has 0 aliphatic heterocycles. The molecule has 2 nitrogen and oxygen atoms in total. The zero-order chi connectivity index (χ0) is 9.68. The van der Waals surface area contributed by atoms with E-state index in [1.165, 1.54) is 0 Å². The molecule has 1 N–H and O–H groups in total. The van der Waals surface area contributed by atoms with Gasteiger partial charge in [-0.1, -0.05) is 37.3 Å². The van der Waals surface area contributed by atoms with Gasteiger partial charge in [-0.25, -0.2) is 4.79 Å². The van der Waals surface area contributed by atoms with Gasteiger partial charge in [0.25, 0.3) is 0 Å². The van der Waals surface area contributed by atoms with E-state index in [2.05, 4.69) is 5.32 Å². The number of nitrogens with one attached hydrogen (secondary N) is 1. The molecule has 0 unspecified atom stereocenters. The quantitative estimate of drug-likeness (QED) is 0.563. The standard InChI is InChI=1S/C10H12FNO/c1-2-9(12-10(11)13)8-6-4-3-5-7-8/h3-7,9H,2H2,1H3,(H,12,13)/t9-/m1/s1. The number of carbonyl (C=O) groups excluding carboxylic acids is 1. The summed E-state index contributed by atoms with van der Waals surface area (Å²) in [7, 11) is 0. The topological polar surface area (TPSA) is 29.1 Å². The second kappa shape index (κ2) is 4.60. The van der Waals surface area contributed by atoms with Crippen LogP contribution in [0.15, 0.2) is 30.3 Å². The third-order valence-corrected chi connectivity index (χ3v) is 1.90. The molecule has 1 aromatic rings. The molecule has 0 saturated carbocycles. The van der Waals surface area contributed by atoms with Crippen LogP contribution in [0.25, 0.3) is 0 Å². The third kappa shape index (κ3) is 2.86. The maximum Gasteiger partial charge on any atom is 0.397 e. The minimum absolute atomic E-state index is 0.223. The summed E-state index contributed by atoms with van der Waals surface area (Å²) in [6, 6.07) is 9.12. The monoisotopic (exact) mass is 181 g/mol. The zero-order valence-electron chi connectivity index (χ0n) is 7.46. The summed E-state index contributed by atoms with van der Waals surface area (Å²) in [5.41, 5.74) is 0.927. The summed E-state index contributed by atoms with van der Waals surface area (Å²) in [6.45, 7) is 1.90. The number of amides is 1. The Balaban J connectivity index is 2.73. The molecule has 1 atom stereocenters. The van der Waals surface area contributed by atoms with Gasteiger partial charge in [0.1, 0.15) is 0 Å². The van der Waals surface area contributed by atoms with Crippen molar-refractivity contribution in [3.63, 3.8) is 0 Å². The Bertz CT molecular complexity index is 274. The highest BCUT2D eigenvalue weighted by atomic mass is 19.1. The fourth-order valence-electron chi connectivity index (χ4n) is 1.24. The second-order valence-electron chi connectivity index (χ2n) is 2.79. The molecule has 1 amide bonds. The molecule has 0 saturated heterocycles. The highest BCUT2D eigenvalue weighted by molar-refractivity contribution is 5.66. The van der Waals surface area contributed by atoms with Crippen LogP contribution in [0.1, 0.15) is 24.9 Å². The molecule has 1 aromatic carbocycles. The van der Waals surface area contributed by atoms with Crippen molar-refractivity contribution < 1.29 is 9.18 Å². The molecule has 0 bridgehead atoms. The maximum absolute atomic E-state index is 12.1. The predicted molar refractivity (Wildman–Crippen MR) is 49.1 cm³/mol. The van der Waals surface area contributed by atoms with E-state index in [0.717, 1.165) is 5.56 Å². The van der Waals surface area contributed by atoms with Crippen LogP contribution in [0, 0.1) is 0 Å². The first-order valence-corrected chi connectivity index (χ1v) is 4.25. The van der Waals surface area contributed by atoms with E-state index >= 15 is 0 Å². The van der Waals surface area contributed by atoms with E-state index in [-0.39, 0.29) is 6.04 Å². The van der Waals surface area contributed by atoms with Gasteiger partial charge >= 0.3 is 6.16 Å². The first kappa shape index (κ1) is 9.71. The van der Waals surface area contributed by atoms with Gasteiger partial charge in [0.05, 0.1) is 6.04 Å². The smallest absolute Gasteiger partial charge is 0.321 e. The van der Waals surface area contributed by atoms with E-state index in [9.17, 15) is 9.18 Å². The van der Waals surface area contributed by atoms with E-state index in [1.54, 1.807) is 0 Å². The molecular weight excluding hydrogens is 169 g/mol. The van der Waals surface area contributed by atoms with Crippen molar-refractivity contribution in [2.45, 2.75) is 19.4 Å². The average molecular weight is 181 g/mol. The van der Waals surface area contributed by atoms with Crippen molar-refractivity contribution in [3.05, 3.63) is 35.9 Å². The minimum atomic E-state index is -1.48. The van der Waals surface area contributed by atoms with Gasteiger partial charge in [0, 0.05) is 0 Å². The van der Waals surface area contributed by atoms with Crippen molar-refractivity contribution >= 4 is 6.16 Å². The number of carbonyl (C=O) groups is 1. The van der Waals surface area contributed by atoms with Gasteiger partial charge in [-0.2, -0.15) is 0 Å². The van der Waals surface area contributed by atoms with E-state index in [4.69, 9.17) is 0 Å². The zero-order valence-corrected chi connectivity index (χ0v) is 7.46. The number of hydrogen-bond donors (Lipinski definition) is 1. The van der Waals surface area contributed by atoms with Crippen LogP contribution >= 0.6 is 0 Å². The SMILES string of the molecule is CC[C@@H](NC(=O)F)c1ccccc1. The van der Waals surface area contributed by atoms with Crippen molar-refractivity contribution in [1.29, 1.82) is 0 Å².